The summed E-state index contributed by atoms with van der Waals surface area (Å²) in [4.78, 5) is 20.9. The van der Waals surface area contributed by atoms with Crippen LogP contribution >= 0.6 is 23.1 Å². The zero-order valence-electron chi connectivity index (χ0n) is 18.2. The van der Waals surface area contributed by atoms with Crippen molar-refractivity contribution in [1.82, 2.24) is 14.0 Å². The molecule has 6 nitrogen and oxygen atoms in total. The summed E-state index contributed by atoms with van der Waals surface area (Å²) in [5.74, 6) is 0.582. The van der Waals surface area contributed by atoms with Crippen LogP contribution in [0.2, 0.25) is 0 Å². The predicted molar refractivity (Wildman–Crippen MR) is 131 cm³/mol. The summed E-state index contributed by atoms with van der Waals surface area (Å²) < 4.78 is 9.70. The lowest BCUT2D eigenvalue weighted by Gasteiger charge is -2.16. The molecule has 1 aliphatic heterocycles. The standard InChI is InChI=1S/C25H24N4O2S2/c26-12-19-16(13-28-10-4-3-8-20(19)28)15-32-25-27-23-22(18-7-1-2-9-21(18)33-23)24(30)29(25)14-17-6-5-11-31-17/h3-4,8,10,13,17H,1-2,5-7,9,11,14-15H2. The first-order valence-electron chi connectivity index (χ1n) is 11.5. The number of pyridine rings is 1. The third-order valence-electron chi connectivity index (χ3n) is 6.68. The molecule has 1 aliphatic carbocycles. The highest BCUT2D eigenvalue weighted by Crippen LogP contribution is 2.35. The fourth-order valence-corrected chi connectivity index (χ4v) is 7.32. The second-order valence-corrected chi connectivity index (χ2v) is 10.8. The molecule has 4 aromatic rings. The molecule has 0 saturated carbocycles. The van der Waals surface area contributed by atoms with E-state index in [0.29, 0.717) is 17.9 Å². The Labute approximate surface area is 199 Å². The van der Waals surface area contributed by atoms with E-state index in [4.69, 9.17) is 9.72 Å². The number of thiophene rings is 1. The lowest BCUT2D eigenvalue weighted by Crippen LogP contribution is -2.29. The number of hydrogen-bond donors (Lipinski definition) is 0. The highest BCUT2D eigenvalue weighted by Gasteiger charge is 2.25. The predicted octanol–water partition coefficient (Wildman–Crippen LogP) is 4.93. The molecule has 0 aromatic carbocycles. The van der Waals surface area contributed by atoms with Crippen LogP contribution in [0.4, 0.5) is 0 Å². The second kappa shape index (κ2) is 8.64. The zero-order valence-corrected chi connectivity index (χ0v) is 19.9. The summed E-state index contributed by atoms with van der Waals surface area (Å²) in [6.07, 6.45) is 10.4. The number of aryl methyl sites for hydroxylation is 2. The van der Waals surface area contributed by atoms with Gasteiger partial charge >= 0.3 is 0 Å². The largest absolute Gasteiger partial charge is 0.376 e. The Morgan fingerprint density at radius 3 is 3.03 bits per heavy atom. The Morgan fingerprint density at radius 1 is 1.27 bits per heavy atom. The smallest absolute Gasteiger partial charge is 0.263 e. The van der Waals surface area contributed by atoms with Crippen LogP contribution in [0, 0.1) is 11.3 Å². The number of aromatic nitrogens is 3. The number of nitriles is 1. The molecule has 168 valence electrons. The number of nitrogens with zero attached hydrogens (tertiary/aromatic N) is 4. The molecule has 2 aliphatic rings. The van der Waals surface area contributed by atoms with Crippen LogP contribution in [0.25, 0.3) is 15.7 Å². The van der Waals surface area contributed by atoms with Crippen LogP contribution in [0.5, 0.6) is 0 Å². The minimum atomic E-state index is 0.0579. The molecule has 1 unspecified atom stereocenters. The lowest BCUT2D eigenvalue weighted by atomic mass is 9.97. The van der Waals surface area contributed by atoms with Gasteiger partial charge in [-0.25, -0.2) is 4.98 Å². The maximum atomic E-state index is 13.7. The van der Waals surface area contributed by atoms with Gasteiger partial charge in [-0.05, 0) is 61.8 Å². The Balaban J connectivity index is 1.42. The summed E-state index contributed by atoms with van der Waals surface area (Å²) in [6.45, 7) is 1.30. The van der Waals surface area contributed by atoms with Gasteiger partial charge in [0.1, 0.15) is 10.9 Å². The molecule has 1 fully saturated rings. The first kappa shape index (κ1) is 21.0. The number of thioether (sulfide) groups is 1. The highest BCUT2D eigenvalue weighted by molar-refractivity contribution is 7.98. The van der Waals surface area contributed by atoms with Gasteiger partial charge in [-0.3, -0.25) is 9.36 Å². The van der Waals surface area contributed by atoms with E-state index in [9.17, 15) is 10.1 Å². The summed E-state index contributed by atoms with van der Waals surface area (Å²) in [5, 5.41) is 11.3. The van der Waals surface area contributed by atoms with Gasteiger partial charge in [0, 0.05) is 29.6 Å². The monoisotopic (exact) mass is 476 g/mol. The van der Waals surface area contributed by atoms with E-state index in [1.54, 1.807) is 23.1 Å². The van der Waals surface area contributed by atoms with Gasteiger partial charge < -0.3 is 9.14 Å². The van der Waals surface area contributed by atoms with Crippen molar-refractivity contribution in [3.8, 4) is 6.07 Å². The fraction of sp³-hybridized carbons (Fsp3) is 0.400. The molecule has 0 bridgehead atoms. The van der Waals surface area contributed by atoms with Crippen molar-refractivity contribution in [2.45, 2.75) is 62.1 Å². The van der Waals surface area contributed by atoms with Crippen molar-refractivity contribution < 1.29 is 4.74 Å². The normalized spacial score (nSPS) is 18.1. The quantitative estimate of drug-likeness (QED) is 0.302. The van der Waals surface area contributed by atoms with Gasteiger partial charge in [0.2, 0.25) is 0 Å². The van der Waals surface area contributed by atoms with Crippen molar-refractivity contribution in [3.05, 3.63) is 62.5 Å². The summed E-state index contributed by atoms with van der Waals surface area (Å²) in [5.41, 5.74) is 3.84. The molecule has 5 heterocycles. The van der Waals surface area contributed by atoms with E-state index in [2.05, 4.69) is 6.07 Å². The van der Waals surface area contributed by atoms with Crippen LogP contribution in [-0.4, -0.2) is 26.7 Å². The molecular weight excluding hydrogens is 452 g/mol. The van der Waals surface area contributed by atoms with Crippen LogP contribution in [-0.2, 0) is 29.9 Å². The van der Waals surface area contributed by atoms with Gasteiger partial charge in [-0.1, -0.05) is 17.8 Å². The topological polar surface area (TPSA) is 72.3 Å². The molecule has 0 amide bonds. The van der Waals surface area contributed by atoms with Crippen molar-refractivity contribution in [2.75, 3.05) is 6.61 Å². The number of rotatable bonds is 5. The van der Waals surface area contributed by atoms with E-state index >= 15 is 0 Å². The van der Waals surface area contributed by atoms with Gasteiger partial charge in [-0.15, -0.1) is 11.3 Å². The Hall–Kier alpha value is -2.60. The van der Waals surface area contributed by atoms with Gasteiger partial charge in [0.05, 0.1) is 29.1 Å². The third-order valence-corrected chi connectivity index (χ3v) is 8.89. The lowest BCUT2D eigenvalue weighted by molar-refractivity contribution is 0.0937. The van der Waals surface area contributed by atoms with Crippen LogP contribution < -0.4 is 5.56 Å². The number of hydrogen-bond acceptors (Lipinski definition) is 6. The Bertz CT molecular complexity index is 1450. The molecular formula is C25H24N4O2S2. The van der Waals surface area contributed by atoms with Gasteiger partial charge in [0.25, 0.3) is 5.56 Å². The van der Waals surface area contributed by atoms with Crippen LogP contribution in [0.15, 0.2) is 40.5 Å². The second-order valence-electron chi connectivity index (χ2n) is 8.76. The summed E-state index contributed by atoms with van der Waals surface area (Å²) >= 11 is 3.23. The van der Waals surface area contributed by atoms with Crippen molar-refractivity contribution in [3.63, 3.8) is 0 Å². The minimum Gasteiger partial charge on any atom is -0.376 e. The number of ether oxygens (including phenoxy) is 1. The first-order chi connectivity index (χ1) is 16.2. The summed E-state index contributed by atoms with van der Waals surface area (Å²) in [7, 11) is 0. The average molecular weight is 477 g/mol. The Kier molecular flexibility index (Phi) is 5.49. The van der Waals surface area contributed by atoms with E-state index in [1.165, 1.54) is 16.9 Å². The molecule has 0 spiro atoms. The van der Waals surface area contributed by atoms with E-state index < -0.39 is 0 Å². The molecule has 4 aromatic heterocycles. The molecule has 8 heteroatoms. The van der Waals surface area contributed by atoms with Crippen LogP contribution in [0.3, 0.4) is 0 Å². The van der Waals surface area contributed by atoms with Crippen molar-refractivity contribution in [1.29, 1.82) is 5.26 Å². The fourth-order valence-electron chi connectivity index (χ4n) is 5.04. The third kappa shape index (κ3) is 3.68. The first-order valence-corrected chi connectivity index (χ1v) is 13.3. The van der Waals surface area contributed by atoms with E-state index in [-0.39, 0.29) is 11.7 Å². The summed E-state index contributed by atoms with van der Waals surface area (Å²) in [6, 6.07) is 8.22. The molecule has 0 N–H and O–H groups in total. The van der Waals surface area contributed by atoms with Crippen LogP contribution in [0.1, 0.15) is 47.3 Å². The average Bonchev–Trinajstić information content (AvgIpc) is 3.56. The van der Waals surface area contributed by atoms with Crippen molar-refractivity contribution >= 4 is 38.8 Å². The zero-order chi connectivity index (χ0) is 22.4. The Morgan fingerprint density at radius 2 is 2.18 bits per heavy atom. The van der Waals surface area contributed by atoms with Gasteiger partial charge in [-0.2, -0.15) is 5.26 Å². The highest BCUT2D eigenvalue weighted by atomic mass is 32.2. The maximum Gasteiger partial charge on any atom is 0.263 e. The van der Waals surface area contributed by atoms with Gasteiger partial charge in [0.15, 0.2) is 5.16 Å². The minimum absolute atomic E-state index is 0.0579. The van der Waals surface area contributed by atoms with E-state index in [0.717, 1.165) is 65.2 Å². The number of fused-ring (bicyclic) bond motifs is 4. The molecule has 33 heavy (non-hydrogen) atoms. The van der Waals surface area contributed by atoms with E-state index in [1.807, 2.05) is 39.6 Å². The molecule has 1 atom stereocenters. The van der Waals surface area contributed by atoms with Crippen molar-refractivity contribution in [2.24, 2.45) is 0 Å². The maximum absolute atomic E-state index is 13.7. The molecule has 6 rings (SSSR count). The molecule has 1 saturated heterocycles. The SMILES string of the molecule is N#Cc1c(CSc2nc3sc4c(c3c(=O)n2CC2CCCO2)CCCC4)cn2ccccc12. The molecule has 0 radical (unpaired) electrons.